The van der Waals surface area contributed by atoms with Gasteiger partial charge in [0.05, 0.1) is 17.3 Å². The third-order valence-electron chi connectivity index (χ3n) is 5.94. The van der Waals surface area contributed by atoms with Gasteiger partial charge in [0.15, 0.2) is 0 Å². The lowest BCUT2D eigenvalue weighted by Crippen LogP contribution is -2.60. The van der Waals surface area contributed by atoms with E-state index in [-0.39, 0.29) is 12.1 Å². The fourth-order valence-corrected chi connectivity index (χ4v) is 4.76. The molecule has 4 rings (SSSR count). The Balaban J connectivity index is 1.60. The van der Waals surface area contributed by atoms with Gasteiger partial charge in [-0.3, -0.25) is 9.47 Å². The van der Waals surface area contributed by atoms with E-state index in [2.05, 4.69) is 21.8 Å². The number of benzene rings is 1. The quantitative estimate of drug-likeness (QED) is 0.603. The summed E-state index contributed by atoms with van der Waals surface area (Å²) in [4.78, 5) is 17.9. The zero-order valence-corrected chi connectivity index (χ0v) is 18.5. The van der Waals surface area contributed by atoms with Gasteiger partial charge >= 0.3 is 0 Å². The van der Waals surface area contributed by atoms with Gasteiger partial charge < -0.3 is 4.90 Å². The molecule has 0 saturated carbocycles. The molecule has 9 nitrogen and oxygen atoms in total. The van der Waals surface area contributed by atoms with E-state index in [9.17, 15) is 8.42 Å². The van der Waals surface area contributed by atoms with Gasteiger partial charge in [-0.25, -0.2) is 18.4 Å². The van der Waals surface area contributed by atoms with Gasteiger partial charge in [0, 0.05) is 45.0 Å². The van der Waals surface area contributed by atoms with E-state index in [1.54, 1.807) is 16.8 Å². The normalized spacial score (nSPS) is 19.8. The Hall–Kier alpha value is -2.56. The molecule has 2 unspecified atom stereocenters. The molecule has 2 aromatic heterocycles. The lowest BCUT2D eigenvalue weighted by Gasteiger charge is -2.43. The maximum absolute atomic E-state index is 12.0. The molecule has 1 aliphatic rings. The first-order valence-corrected chi connectivity index (χ1v) is 11.7. The van der Waals surface area contributed by atoms with Crippen molar-refractivity contribution in [3.63, 3.8) is 0 Å². The highest BCUT2D eigenvalue weighted by Gasteiger charge is 2.34. The van der Waals surface area contributed by atoms with Crippen molar-refractivity contribution in [2.24, 2.45) is 0 Å². The number of fused-ring (bicyclic) bond motifs is 1. The third-order valence-corrected chi connectivity index (χ3v) is 7.21. The summed E-state index contributed by atoms with van der Waals surface area (Å²) in [6, 6.07) is 9.80. The molecule has 0 aliphatic carbocycles. The highest BCUT2D eigenvalue weighted by atomic mass is 32.2. The fraction of sp³-hybridized carbons (Fsp3) is 0.450. The Morgan fingerprint density at radius 3 is 2.70 bits per heavy atom. The monoisotopic (exact) mass is 429 g/mol. The Morgan fingerprint density at radius 2 is 1.93 bits per heavy atom. The highest BCUT2D eigenvalue weighted by Crippen LogP contribution is 2.21. The zero-order chi connectivity index (χ0) is 21.5. The van der Waals surface area contributed by atoms with E-state index < -0.39 is 10.0 Å². The van der Waals surface area contributed by atoms with Crippen molar-refractivity contribution in [1.29, 1.82) is 0 Å². The molecule has 3 aromatic rings. The number of anilines is 1. The lowest BCUT2D eigenvalue weighted by molar-refractivity contribution is 0.130. The van der Waals surface area contributed by atoms with Crippen molar-refractivity contribution in [2.75, 3.05) is 44.9 Å². The van der Waals surface area contributed by atoms with Gasteiger partial charge in [-0.1, -0.05) is 12.1 Å². The van der Waals surface area contributed by atoms with Crippen molar-refractivity contribution in [2.45, 2.75) is 19.0 Å². The second kappa shape index (κ2) is 7.93. The summed E-state index contributed by atoms with van der Waals surface area (Å²) < 4.78 is 27.6. The van der Waals surface area contributed by atoms with Gasteiger partial charge in [-0.05, 0) is 32.2 Å². The number of aromatic nitrogens is 4. The second-order valence-corrected chi connectivity index (χ2v) is 9.82. The minimum Gasteiger partial charge on any atom is -0.339 e. The largest absolute Gasteiger partial charge is 0.339 e. The maximum Gasteiger partial charge on any atom is 0.227 e. The van der Waals surface area contributed by atoms with E-state index in [4.69, 9.17) is 4.98 Å². The van der Waals surface area contributed by atoms with E-state index in [0.29, 0.717) is 25.6 Å². The molecular formula is C20H27N7O2S. The molecule has 3 heterocycles. The summed E-state index contributed by atoms with van der Waals surface area (Å²) in [5, 5.41) is 0. The standard InChI is InChI=1S/C20H27N7O2S/c1-15(18-13-26(30(4,28)29)12-11-24(18)2)25(3)20-21-10-9-19(23-20)27-14-22-16-7-5-6-8-17(16)27/h5-10,14-15,18H,11-13H2,1-4H3. The minimum absolute atomic E-state index is 0.00864. The minimum atomic E-state index is -3.22. The van der Waals surface area contributed by atoms with Crippen LogP contribution in [0.2, 0.25) is 0 Å². The van der Waals surface area contributed by atoms with Gasteiger partial charge in [-0.2, -0.15) is 9.29 Å². The Morgan fingerprint density at radius 1 is 1.17 bits per heavy atom. The third kappa shape index (κ3) is 3.90. The molecule has 30 heavy (non-hydrogen) atoms. The second-order valence-electron chi connectivity index (χ2n) is 7.84. The van der Waals surface area contributed by atoms with E-state index >= 15 is 0 Å². The fourth-order valence-electron chi connectivity index (χ4n) is 3.92. The number of nitrogens with zero attached hydrogens (tertiary/aromatic N) is 7. The summed E-state index contributed by atoms with van der Waals surface area (Å²) in [5.41, 5.74) is 1.89. The van der Waals surface area contributed by atoms with Crippen LogP contribution in [0.5, 0.6) is 0 Å². The molecule has 10 heteroatoms. The van der Waals surface area contributed by atoms with Crippen LogP contribution in [0.3, 0.4) is 0 Å². The summed E-state index contributed by atoms with van der Waals surface area (Å²) in [6.07, 6.45) is 4.77. The van der Waals surface area contributed by atoms with Crippen LogP contribution in [-0.2, 0) is 10.0 Å². The molecule has 0 spiro atoms. The van der Waals surface area contributed by atoms with Crippen molar-refractivity contribution < 1.29 is 8.42 Å². The number of rotatable bonds is 5. The van der Waals surface area contributed by atoms with Crippen LogP contribution in [0.25, 0.3) is 16.9 Å². The number of hydrogen-bond acceptors (Lipinski definition) is 7. The summed E-state index contributed by atoms with van der Waals surface area (Å²) in [7, 11) is 0.762. The molecule has 2 atom stereocenters. The Labute approximate surface area is 177 Å². The number of likely N-dealkylation sites (N-methyl/N-ethyl adjacent to an activating group) is 2. The van der Waals surface area contributed by atoms with Crippen LogP contribution in [0, 0.1) is 0 Å². The van der Waals surface area contributed by atoms with E-state index in [0.717, 1.165) is 16.9 Å². The van der Waals surface area contributed by atoms with Gasteiger partial charge in [0.2, 0.25) is 16.0 Å². The predicted octanol–water partition coefficient (Wildman–Crippen LogP) is 1.22. The van der Waals surface area contributed by atoms with Crippen LogP contribution in [0.15, 0.2) is 42.9 Å². The molecule has 0 bridgehead atoms. The number of imidazole rings is 1. The molecule has 1 saturated heterocycles. The molecule has 160 valence electrons. The first kappa shape index (κ1) is 20.7. The van der Waals surface area contributed by atoms with Crippen molar-refractivity contribution in [3.8, 4) is 5.82 Å². The maximum atomic E-state index is 12.0. The number of piperazine rings is 1. The molecule has 1 aromatic carbocycles. The Kier molecular flexibility index (Phi) is 5.48. The molecule has 0 radical (unpaired) electrons. The van der Waals surface area contributed by atoms with Crippen LogP contribution in [-0.4, -0.2) is 89.2 Å². The van der Waals surface area contributed by atoms with Crippen LogP contribution in [0.1, 0.15) is 6.92 Å². The number of hydrogen-bond donors (Lipinski definition) is 0. The smallest absolute Gasteiger partial charge is 0.227 e. The summed E-state index contributed by atoms with van der Waals surface area (Å²) in [5.74, 6) is 1.32. The van der Waals surface area contributed by atoms with Gasteiger partial charge in [0.25, 0.3) is 0 Å². The molecule has 1 aliphatic heterocycles. The summed E-state index contributed by atoms with van der Waals surface area (Å²) in [6.45, 7) is 3.74. The van der Waals surface area contributed by atoms with E-state index in [1.165, 1.54) is 6.26 Å². The predicted molar refractivity (Wildman–Crippen MR) is 117 cm³/mol. The SMILES string of the molecule is CC(C1CN(S(C)(=O)=O)CCN1C)N(C)c1nccc(-n2cnc3ccccc32)n1. The average Bonchev–Trinajstić information content (AvgIpc) is 3.16. The van der Waals surface area contributed by atoms with Crippen LogP contribution in [0.4, 0.5) is 5.95 Å². The van der Waals surface area contributed by atoms with Crippen LogP contribution < -0.4 is 4.90 Å². The first-order valence-electron chi connectivity index (χ1n) is 9.89. The zero-order valence-electron chi connectivity index (χ0n) is 17.7. The molecule has 0 N–H and O–H groups in total. The van der Waals surface area contributed by atoms with Crippen molar-refractivity contribution in [1.82, 2.24) is 28.7 Å². The topological polar surface area (TPSA) is 87.5 Å². The van der Waals surface area contributed by atoms with Crippen molar-refractivity contribution in [3.05, 3.63) is 42.9 Å². The van der Waals surface area contributed by atoms with Gasteiger partial charge in [-0.15, -0.1) is 0 Å². The van der Waals surface area contributed by atoms with Crippen LogP contribution >= 0.6 is 0 Å². The Bertz CT molecular complexity index is 1150. The lowest BCUT2D eigenvalue weighted by atomic mass is 10.1. The average molecular weight is 430 g/mol. The highest BCUT2D eigenvalue weighted by molar-refractivity contribution is 7.88. The number of para-hydroxylation sites is 2. The first-order chi connectivity index (χ1) is 14.3. The number of sulfonamides is 1. The van der Waals surface area contributed by atoms with Gasteiger partial charge in [0.1, 0.15) is 12.1 Å². The van der Waals surface area contributed by atoms with Crippen molar-refractivity contribution >= 4 is 27.0 Å². The van der Waals surface area contributed by atoms with E-state index in [1.807, 2.05) is 53.9 Å². The summed E-state index contributed by atoms with van der Waals surface area (Å²) >= 11 is 0. The molecule has 1 fully saturated rings. The molecular weight excluding hydrogens is 402 g/mol. The molecule has 0 amide bonds.